The number of ether oxygens (including phenoxy) is 1. The number of fused-ring (bicyclic) bond motifs is 5. The molecule has 2 N–H and O–H groups in total. The second kappa shape index (κ2) is 7.19. The molecule has 0 fully saturated rings. The summed E-state index contributed by atoms with van der Waals surface area (Å²) in [5, 5.41) is 18.7. The van der Waals surface area contributed by atoms with Crippen LogP contribution >= 0.6 is 0 Å². The SMILES string of the molecule is COc1cccc(CCNc2ncc3c(n2)Nc2ccccc2-n2nnnc2-3)c1. The maximum Gasteiger partial charge on any atom is 0.224 e. The number of nitrogens with one attached hydrogen (secondary N) is 2. The highest BCUT2D eigenvalue weighted by atomic mass is 16.5. The molecule has 0 spiro atoms. The third-order valence-electron chi connectivity index (χ3n) is 4.72. The molecule has 0 radical (unpaired) electrons. The predicted octanol–water partition coefficient (Wildman–Crippen LogP) is 2.84. The summed E-state index contributed by atoms with van der Waals surface area (Å²) >= 11 is 0. The van der Waals surface area contributed by atoms with Gasteiger partial charge < -0.3 is 15.4 Å². The molecule has 0 amide bonds. The van der Waals surface area contributed by atoms with Gasteiger partial charge in [-0.15, -0.1) is 5.10 Å². The van der Waals surface area contributed by atoms with Crippen LogP contribution in [0.2, 0.25) is 0 Å². The summed E-state index contributed by atoms with van der Waals surface area (Å²) in [6, 6.07) is 15.8. The fourth-order valence-corrected chi connectivity index (χ4v) is 3.28. The summed E-state index contributed by atoms with van der Waals surface area (Å²) in [7, 11) is 1.67. The number of methoxy groups -OCH3 is 1. The molecule has 4 aromatic rings. The Morgan fingerprint density at radius 3 is 3.00 bits per heavy atom. The average Bonchev–Trinajstić information content (AvgIpc) is 3.19. The highest BCUT2D eigenvalue weighted by molar-refractivity contribution is 5.81. The van der Waals surface area contributed by atoms with E-state index < -0.39 is 0 Å². The van der Waals surface area contributed by atoms with Crippen LogP contribution in [-0.2, 0) is 6.42 Å². The zero-order chi connectivity index (χ0) is 19.6. The van der Waals surface area contributed by atoms with Gasteiger partial charge in [0.2, 0.25) is 5.95 Å². The van der Waals surface area contributed by atoms with E-state index in [1.807, 2.05) is 42.5 Å². The molecule has 0 bridgehead atoms. The fourth-order valence-electron chi connectivity index (χ4n) is 3.28. The van der Waals surface area contributed by atoms with Crippen molar-refractivity contribution in [3.8, 4) is 22.8 Å². The summed E-state index contributed by atoms with van der Waals surface area (Å²) < 4.78 is 6.96. The minimum absolute atomic E-state index is 0.539. The largest absolute Gasteiger partial charge is 0.497 e. The molecule has 2 aromatic carbocycles. The van der Waals surface area contributed by atoms with Gasteiger partial charge in [-0.3, -0.25) is 0 Å². The maximum absolute atomic E-state index is 5.27. The Bertz CT molecular complexity index is 1170. The molecule has 1 aliphatic rings. The van der Waals surface area contributed by atoms with E-state index in [-0.39, 0.29) is 0 Å². The van der Waals surface area contributed by atoms with Gasteiger partial charge in [-0.05, 0) is 46.7 Å². The lowest BCUT2D eigenvalue weighted by Gasteiger charge is -2.10. The van der Waals surface area contributed by atoms with Crippen LogP contribution in [0.3, 0.4) is 0 Å². The molecule has 0 unspecified atom stereocenters. The molecule has 0 aliphatic carbocycles. The molecule has 0 saturated heterocycles. The minimum Gasteiger partial charge on any atom is -0.497 e. The lowest BCUT2D eigenvalue weighted by molar-refractivity contribution is 0.414. The number of benzene rings is 2. The van der Waals surface area contributed by atoms with Crippen molar-refractivity contribution < 1.29 is 4.74 Å². The molecule has 2 aromatic heterocycles. The van der Waals surface area contributed by atoms with Crippen molar-refractivity contribution in [1.82, 2.24) is 30.2 Å². The normalized spacial score (nSPS) is 11.5. The van der Waals surface area contributed by atoms with E-state index in [1.165, 1.54) is 5.56 Å². The van der Waals surface area contributed by atoms with E-state index in [0.717, 1.165) is 29.1 Å². The molecule has 0 atom stereocenters. The van der Waals surface area contributed by atoms with E-state index in [1.54, 1.807) is 18.0 Å². The first-order valence-electron chi connectivity index (χ1n) is 9.21. The number of aromatic nitrogens is 6. The monoisotopic (exact) mass is 386 g/mol. The number of hydrogen-bond acceptors (Lipinski definition) is 8. The van der Waals surface area contributed by atoms with Gasteiger partial charge in [-0.25, -0.2) is 4.98 Å². The minimum atomic E-state index is 0.539. The van der Waals surface area contributed by atoms with Crippen LogP contribution in [0, 0.1) is 0 Å². The number of anilines is 3. The second-order valence-electron chi connectivity index (χ2n) is 6.54. The molecular weight excluding hydrogens is 368 g/mol. The van der Waals surface area contributed by atoms with Gasteiger partial charge >= 0.3 is 0 Å². The van der Waals surface area contributed by atoms with Crippen molar-refractivity contribution in [2.75, 3.05) is 24.3 Å². The Morgan fingerprint density at radius 1 is 1.14 bits per heavy atom. The van der Waals surface area contributed by atoms with Crippen LogP contribution in [0.4, 0.5) is 17.5 Å². The van der Waals surface area contributed by atoms with Crippen LogP contribution in [-0.4, -0.2) is 43.8 Å². The van der Waals surface area contributed by atoms with Gasteiger partial charge in [0, 0.05) is 12.7 Å². The highest BCUT2D eigenvalue weighted by Gasteiger charge is 2.23. The fraction of sp³-hybridized carbons (Fsp3) is 0.150. The number of hydrogen-bond donors (Lipinski definition) is 2. The maximum atomic E-state index is 5.27. The summed E-state index contributed by atoms with van der Waals surface area (Å²) in [5.41, 5.74) is 3.65. The Kier molecular flexibility index (Phi) is 4.24. The Balaban J connectivity index is 1.39. The molecule has 1 aliphatic heterocycles. The zero-order valence-electron chi connectivity index (χ0n) is 15.7. The van der Waals surface area contributed by atoms with Crippen LogP contribution in [0.15, 0.2) is 54.7 Å². The molecule has 29 heavy (non-hydrogen) atoms. The molecule has 9 nitrogen and oxygen atoms in total. The van der Waals surface area contributed by atoms with Gasteiger partial charge in [0.25, 0.3) is 0 Å². The van der Waals surface area contributed by atoms with Gasteiger partial charge in [0.1, 0.15) is 11.6 Å². The van der Waals surface area contributed by atoms with Crippen molar-refractivity contribution in [1.29, 1.82) is 0 Å². The molecule has 0 saturated carbocycles. The quantitative estimate of drug-likeness (QED) is 0.475. The van der Waals surface area contributed by atoms with Crippen molar-refractivity contribution in [2.45, 2.75) is 6.42 Å². The highest BCUT2D eigenvalue weighted by Crippen LogP contribution is 2.35. The van der Waals surface area contributed by atoms with E-state index in [0.29, 0.717) is 24.1 Å². The summed E-state index contributed by atoms with van der Waals surface area (Å²) in [5.74, 6) is 2.65. The molecule has 9 heteroatoms. The van der Waals surface area contributed by atoms with Crippen LogP contribution in [0.5, 0.6) is 5.75 Å². The van der Waals surface area contributed by atoms with Gasteiger partial charge in [-0.1, -0.05) is 24.3 Å². The van der Waals surface area contributed by atoms with Crippen molar-refractivity contribution >= 4 is 17.5 Å². The van der Waals surface area contributed by atoms with E-state index >= 15 is 0 Å². The predicted molar refractivity (Wildman–Crippen MR) is 109 cm³/mol. The van der Waals surface area contributed by atoms with Gasteiger partial charge in [0.05, 0.1) is 24.0 Å². The average molecular weight is 386 g/mol. The zero-order valence-corrected chi connectivity index (χ0v) is 15.7. The second-order valence-corrected chi connectivity index (χ2v) is 6.54. The molecular formula is C20H18N8O. The number of tetrazole rings is 1. The first-order chi connectivity index (χ1) is 14.3. The van der Waals surface area contributed by atoms with E-state index in [9.17, 15) is 0 Å². The summed E-state index contributed by atoms with van der Waals surface area (Å²) in [4.78, 5) is 9.09. The molecule has 3 heterocycles. The Hall–Kier alpha value is -4.01. The topological polar surface area (TPSA) is 103 Å². The summed E-state index contributed by atoms with van der Waals surface area (Å²) in [6.45, 7) is 0.695. The molecule has 144 valence electrons. The van der Waals surface area contributed by atoms with Crippen LogP contribution in [0.25, 0.3) is 17.1 Å². The standard InChI is InChI=1S/C20H18N8O/c1-29-14-6-4-5-13(11-14)9-10-21-20-22-12-15-18(24-20)23-16-7-2-3-8-17(16)28-19(15)25-26-27-28/h2-8,11-12H,9-10H2,1H3,(H2,21,22,23,24). The van der Waals surface area contributed by atoms with Crippen molar-refractivity contribution in [2.24, 2.45) is 0 Å². The number of para-hydroxylation sites is 2. The van der Waals surface area contributed by atoms with Gasteiger partial charge in [0.15, 0.2) is 5.82 Å². The lowest BCUT2D eigenvalue weighted by atomic mass is 10.1. The third-order valence-corrected chi connectivity index (χ3v) is 4.72. The first-order valence-corrected chi connectivity index (χ1v) is 9.21. The number of nitrogens with zero attached hydrogens (tertiary/aromatic N) is 6. The van der Waals surface area contributed by atoms with Crippen LogP contribution in [0.1, 0.15) is 5.56 Å². The van der Waals surface area contributed by atoms with E-state index in [4.69, 9.17) is 4.74 Å². The van der Waals surface area contributed by atoms with Crippen molar-refractivity contribution in [3.05, 3.63) is 60.3 Å². The molecule has 5 rings (SSSR count). The van der Waals surface area contributed by atoms with Gasteiger partial charge in [-0.2, -0.15) is 9.67 Å². The smallest absolute Gasteiger partial charge is 0.224 e. The lowest BCUT2D eigenvalue weighted by Crippen LogP contribution is -2.09. The third kappa shape index (κ3) is 3.22. The Labute approximate surface area is 166 Å². The van der Waals surface area contributed by atoms with Crippen LogP contribution < -0.4 is 15.4 Å². The van der Waals surface area contributed by atoms with E-state index in [2.05, 4.69) is 42.2 Å². The summed E-state index contributed by atoms with van der Waals surface area (Å²) in [6.07, 6.45) is 2.56. The number of rotatable bonds is 5. The Morgan fingerprint density at radius 2 is 2.07 bits per heavy atom. The van der Waals surface area contributed by atoms with Crippen molar-refractivity contribution in [3.63, 3.8) is 0 Å². The first kappa shape index (κ1) is 17.1.